The Balaban J connectivity index is 1.95. The molecule has 0 radical (unpaired) electrons. The van der Waals surface area contributed by atoms with Crippen LogP contribution in [0.2, 0.25) is 15.1 Å². The molecule has 0 aliphatic rings. The standard InChI is InChI=1S/C16H16Cl3N/c1-11(12-5-3-2-4-6-12)9-20-10-13-14(17)7-8-15(18)16(13)19/h2-8,11,20H,9-10H2,1H3. The number of rotatable bonds is 5. The molecule has 4 heteroatoms. The molecule has 2 rings (SSSR count). The average molecular weight is 329 g/mol. The minimum Gasteiger partial charge on any atom is -0.312 e. The molecule has 0 saturated heterocycles. The van der Waals surface area contributed by atoms with Crippen molar-refractivity contribution >= 4 is 34.8 Å². The molecular weight excluding hydrogens is 313 g/mol. The van der Waals surface area contributed by atoms with Crippen LogP contribution in [0.5, 0.6) is 0 Å². The van der Waals surface area contributed by atoms with E-state index >= 15 is 0 Å². The topological polar surface area (TPSA) is 12.0 Å². The maximum absolute atomic E-state index is 6.17. The summed E-state index contributed by atoms with van der Waals surface area (Å²) in [4.78, 5) is 0. The molecule has 0 bridgehead atoms. The Morgan fingerprint density at radius 1 is 0.950 bits per heavy atom. The van der Waals surface area contributed by atoms with Gasteiger partial charge >= 0.3 is 0 Å². The third-order valence-electron chi connectivity index (χ3n) is 3.26. The van der Waals surface area contributed by atoms with E-state index in [0.717, 1.165) is 12.1 Å². The van der Waals surface area contributed by atoms with Crippen LogP contribution >= 0.6 is 34.8 Å². The summed E-state index contributed by atoms with van der Waals surface area (Å²) < 4.78 is 0. The predicted octanol–water partition coefficient (Wildman–Crippen LogP) is 5.54. The first-order chi connectivity index (χ1) is 9.59. The number of halogens is 3. The van der Waals surface area contributed by atoms with E-state index in [1.54, 1.807) is 12.1 Å². The van der Waals surface area contributed by atoms with Gasteiger partial charge in [-0.3, -0.25) is 0 Å². The number of nitrogens with one attached hydrogen (secondary N) is 1. The lowest BCUT2D eigenvalue weighted by atomic mass is 10.0. The Morgan fingerprint density at radius 2 is 1.60 bits per heavy atom. The SMILES string of the molecule is CC(CNCc1c(Cl)ccc(Cl)c1Cl)c1ccccc1. The van der Waals surface area contributed by atoms with Crippen molar-refractivity contribution in [2.75, 3.05) is 6.54 Å². The smallest absolute Gasteiger partial charge is 0.0652 e. The Hall–Kier alpha value is -0.730. The summed E-state index contributed by atoms with van der Waals surface area (Å²) in [6, 6.07) is 13.9. The molecule has 0 heterocycles. The maximum Gasteiger partial charge on any atom is 0.0652 e. The third-order valence-corrected chi connectivity index (χ3v) is 4.46. The lowest BCUT2D eigenvalue weighted by Crippen LogP contribution is -2.20. The second-order valence-corrected chi connectivity index (χ2v) is 5.96. The number of benzene rings is 2. The fourth-order valence-corrected chi connectivity index (χ4v) is 2.73. The van der Waals surface area contributed by atoms with Crippen molar-refractivity contribution in [2.45, 2.75) is 19.4 Å². The normalized spacial score (nSPS) is 12.4. The third kappa shape index (κ3) is 3.89. The molecule has 1 nitrogen and oxygen atoms in total. The fourth-order valence-electron chi connectivity index (χ4n) is 2.04. The lowest BCUT2D eigenvalue weighted by Gasteiger charge is -2.14. The van der Waals surface area contributed by atoms with E-state index in [9.17, 15) is 0 Å². The van der Waals surface area contributed by atoms with E-state index < -0.39 is 0 Å². The lowest BCUT2D eigenvalue weighted by molar-refractivity contribution is 0.615. The highest BCUT2D eigenvalue weighted by molar-refractivity contribution is 6.44. The molecule has 2 aromatic rings. The van der Waals surface area contributed by atoms with Crippen molar-refractivity contribution in [3.8, 4) is 0 Å². The highest BCUT2D eigenvalue weighted by atomic mass is 35.5. The second kappa shape index (κ2) is 7.33. The van der Waals surface area contributed by atoms with Gasteiger partial charge in [0.25, 0.3) is 0 Å². The van der Waals surface area contributed by atoms with Gasteiger partial charge in [0.05, 0.1) is 10.0 Å². The molecule has 20 heavy (non-hydrogen) atoms. The molecule has 1 N–H and O–H groups in total. The van der Waals surface area contributed by atoms with Gasteiger partial charge in [-0.05, 0) is 23.6 Å². The summed E-state index contributed by atoms with van der Waals surface area (Å²) in [5.41, 5.74) is 2.16. The quantitative estimate of drug-likeness (QED) is 0.710. The van der Waals surface area contributed by atoms with Gasteiger partial charge in [0, 0.05) is 23.7 Å². The van der Waals surface area contributed by atoms with E-state index in [-0.39, 0.29) is 0 Å². The largest absolute Gasteiger partial charge is 0.312 e. The van der Waals surface area contributed by atoms with E-state index in [2.05, 4.69) is 36.5 Å². The minimum absolute atomic E-state index is 0.424. The van der Waals surface area contributed by atoms with Crippen molar-refractivity contribution < 1.29 is 0 Å². The minimum atomic E-state index is 0.424. The van der Waals surface area contributed by atoms with Crippen molar-refractivity contribution in [2.24, 2.45) is 0 Å². The second-order valence-electron chi connectivity index (χ2n) is 4.76. The van der Waals surface area contributed by atoms with Crippen molar-refractivity contribution in [1.82, 2.24) is 5.32 Å². The summed E-state index contributed by atoms with van der Waals surface area (Å²) in [7, 11) is 0. The van der Waals surface area contributed by atoms with E-state index in [1.165, 1.54) is 5.56 Å². The average Bonchev–Trinajstić information content (AvgIpc) is 2.47. The van der Waals surface area contributed by atoms with Crippen LogP contribution in [0, 0.1) is 0 Å². The molecule has 0 aromatic heterocycles. The van der Waals surface area contributed by atoms with Crippen LogP contribution < -0.4 is 5.32 Å². The monoisotopic (exact) mass is 327 g/mol. The first kappa shape index (κ1) is 15.7. The fraction of sp³-hybridized carbons (Fsp3) is 0.250. The van der Waals surface area contributed by atoms with Crippen molar-refractivity contribution in [1.29, 1.82) is 0 Å². The van der Waals surface area contributed by atoms with Crippen LogP contribution in [0.3, 0.4) is 0 Å². The van der Waals surface area contributed by atoms with E-state index in [4.69, 9.17) is 34.8 Å². The van der Waals surface area contributed by atoms with E-state index in [0.29, 0.717) is 27.5 Å². The molecule has 2 aromatic carbocycles. The molecule has 0 amide bonds. The van der Waals surface area contributed by atoms with Crippen LogP contribution in [0.25, 0.3) is 0 Å². The zero-order valence-corrected chi connectivity index (χ0v) is 13.4. The molecule has 0 saturated carbocycles. The molecule has 1 unspecified atom stereocenters. The van der Waals surface area contributed by atoms with Crippen LogP contribution in [-0.4, -0.2) is 6.54 Å². The van der Waals surface area contributed by atoms with Crippen LogP contribution in [0.1, 0.15) is 24.0 Å². The van der Waals surface area contributed by atoms with Gasteiger partial charge in [-0.15, -0.1) is 0 Å². The van der Waals surface area contributed by atoms with Gasteiger partial charge in [-0.2, -0.15) is 0 Å². The van der Waals surface area contributed by atoms with Crippen molar-refractivity contribution in [3.63, 3.8) is 0 Å². The molecule has 0 fully saturated rings. The van der Waals surface area contributed by atoms with Crippen LogP contribution in [0.15, 0.2) is 42.5 Å². The summed E-state index contributed by atoms with van der Waals surface area (Å²) in [6.45, 7) is 3.64. The van der Waals surface area contributed by atoms with Gasteiger partial charge in [0.15, 0.2) is 0 Å². The van der Waals surface area contributed by atoms with Gasteiger partial charge in [0.2, 0.25) is 0 Å². The molecule has 0 aliphatic carbocycles. The van der Waals surface area contributed by atoms with Gasteiger partial charge in [-0.25, -0.2) is 0 Å². The summed E-state index contributed by atoms with van der Waals surface area (Å²) in [5, 5.41) is 5.08. The van der Waals surface area contributed by atoms with Crippen LogP contribution in [-0.2, 0) is 6.54 Å². The highest BCUT2D eigenvalue weighted by Gasteiger charge is 2.10. The predicted molar refractivity (Wildman–Crippen MR) is 88.0 cm³/mol. The molecule has 0 aliphatic heterocycles. The van der Waals surface area contributed by atoms with Crippen LogP contribution in [0.4, 0.5) is 0 Å². The molecular formula is C16H16Cl3N. The summed E-state index contributed by atoms with van der Waals surface area (Å²) >= 11 is 18.3. The van der Waals surface area contributed by atoms with Gasteiger partial charge < -0.3 is 5.32 Å². The Morgan fingerprint density at radius 3 is 2.30 bits per heavy atom. The molecule has 106 valence electrons. The Kier molecular flexibility index (Phi) is 5.74. The Labute approximate surface area is 134 Å². The van der Waals surface area contributed by atoms with E-state index in [1.807, 2.05) is 6.07 Å². The van der Waals surface area contributed by atoms with Gasteiger partial charge in [0.1, 0.15) is 0 Å². The maximum atomic E-state index is 6.17. The summed E-state index contributed by atoms with van der Waals surface area (Å²) in [5.74, 6) is 0.424. The van der Waals surface area contributed by atoms with Gasteiger partial charge in [-0.1, -0.05) is 72.1 Å². The first-order valence-corrected chi connectivity index (χ1v) is 7.61. The highest BCUT2D eigenvalue weighted by Crippen LogP contribution is 2.31. The summed E-state index contributed by atoms with van der Waals surface area (Å²) in [6.07, 6.45) is 0. The number of hydrogen-bond acceptors (Lipinski definition) is 1. The zero-order valence-electron chi connectivity index (χ0n) is 11.2. The van der Waals surface area contributed by atoms with Crippen molar-refractivity contribution in [3.05, 3.63) is 68.7 Å². The first-order valence-electron chi connectivity index (χ1n) is 6.47. The molecule has 1 atom stereocenters. The zero-order chi connectivity index (χ0) is 14.5. The number of hydrogen-bond donors (Lipinski definition) is 1. The Bertz CT molecular complexity index is 569. The molecule has 0 spiro atoms.